The fourth-order valence-electron chi connectivity index (χ4n) is 1.74. The highest BCUT2D eigenvalue weighted by Gasteiger charge is 2.34. The van der Waals surface area contributed by atoms with E-state index in [0.29, 0.717) is 5.01 Å². The highest BCUT2D eigenvalue weighted by Crippen LogP contribution is 2.34. The molecule has 0 radical (unpaired) electrons. The number of aryl methyl sites for hydroxylation is 1. The second kappa shape index (κ2) is 5.72. The molecule has 0 aliphatic rings. The minimum absolute atomic E-state index is 0.146. The molecule has 2 rings (SSSR count). The number of carbonyl (C=O) groups is 1. The molecule has 112 valence electrons. The van der Waals surface area contributed by atoms with Crippen LogP contribution < -0.4 is 11.1 Å². The molecule has 1 aromatic carbocycles. The van der Waals surface area contributed by atoms with Gasteiger partial charge in [0.15, 0.2) is 0 Å². The van der Waals surface area contributed by atoms with Crippen molar-refractivity contribution in [3.63, 3.8) is 0 Å². The Balaban J connectivity index is 2.16. The predicted molar refractivity (Wildman–Crippen MR) is 73.9 cm³/mol. The molecule has 0 saturated carbocycles. The number of aromatic nitrogens is 1. The van der Waals surface area contributed by atoms with Gasteiger partial charge in [-0.05, 0) is 19.1 Å². The van der Waals surface area contributed by atoms with Gasteiger partial charge in [0.2, 0.25) is 0 Å². The topological polar surface area (TPSA) is 68.0 Å². The number of alkyl halides is 3. The lowest BCUT2D eigenvalue weighted by atomic mass is 10.1. The lowest BCUT2D eigenvalue weighted by Gasteiger charge is -2.13. The van der Waals surface area contributed by atoms with Crippen molar-refractivity contribution >= 4 is 22.9 Å². The average Bonchev–Trinajstić information content (AvgIpc) is 2.80. The maximum absolute atomic E-state index is 12.7. The van der Waals surface area contributed by atoms with Gasteiger partial charge in [0.1, 0.15) is 5.01 Å². The summed E-state index contributed by atoms with van der Waals surface area (Å²) in [4.78, 5) is 17.0. The zero-order chi connectivity index (χ0) is 15.6. The predicted octanol–water partition coefficient (Wildman–Crippen LogP) is 2.98. The number of nitrogen functional groups attached to an aromatic ring is 1. The Bertz CT molecular complexity index is 667. The fraction of sp³-hybridized carbons (Fsp3) is 0.231. The smallest absolute Gasteiger partial charge is 0.398 e. The Labute approximate surface area is 122 Å². The molecule has 8 heteroatoms. The largest absolute Gasteiger partial charge is 0.418 e. The molecule has 0 atom stereocenters. The first-order chi connectivity index (χ1) is 9.79. The summed E-state index contributed by atoms with van der Waals surface area (Å²) in [6.45, 7) is 2.01. The van der Waals surface area contributed by atoms with Gasteiger partial charge in [-0.15, -0.1) is 11.3 Å². The second-order valence-corrected chi connectivity index (χ2v) is 5.63. The van der Waals surface area contributed by atoms with Crippen molar-refractivity contribution in [3.8, 4) is 0 Å². The number of para-hydroxylation sites is 1. The molecule has 0 aliphatic heterocycles. The van der Waals surface area contributed by atoms with Gasteiger partial charge in [-0.1, -0.05) is 6.07 Å². The monoisotopic (exact) mass is 315 g/mol. The van der Waals surface area contributed by atoms with Crippen LogP contribution in [0.5, 0.6) is 0 Å². The highest BCUT2D eigenvalue weighted by atomic mass is 32.1. The van der Waals surface area contributed by atoms with Gasteiger partial charge >= 0.3 is 6.18 Å². The summed E-state index contributed by atoms with van der Waals surface area (Å²) in [5.41, 5.74) is 3.67. The fourth-order valence-corrected chi connectivity index (χ4v) is 2.47. The van der Waals surface area contributed by atoms with E-state index < -0.39 is 23.3 Å². The first kappa shape index (κ1) is 15.3. The van der Waals surface area contributed by atoms with Crippen molar-refractivity contribution in [1.82, 2.24) is 10.3 Å². The molecule has 0 aliphatic carbocycles. The first-order valence-corrected chi connectivity index (χ1v) is 6.76. The zero-order valence-electron chi connectivity index (χ0n) is 11.0. The number of hydrogen-bond acceptors (Lipinski definition) is 4. The summed E-state index contributed by atoms with van der Waals surface area (Å²) in [5, 5.41) is 3.18. The molecule has 21 heavy (non-hydrogen) atoms. The van der Waals surface area contributed by atoms with E-state index in [2.05, 4.69) is 10.3 Å². The van der Waals surface area contributed by atoms with Gasteiger partial charge in [-0.3, -0.25) is 4.79 Å². The summed E-state index contributed by atoms with van der Waals surface area (Å²) >= 11 is 1.40. The number of amides is 1. The Morgan fingerprint density at radius 3 is 2.71 bits per heavy atom. The van der Waals surface area contributed by atoms with E-state index in [1.807, 2.05) is 6.92 Å². The molecule has 3 N–H and O–H groups in total. The quantitative estimate of drug-likeness (QED) is 0.856. The Morgan fingerprint density at radius 1 is 1.43 bits per heavy atom. The number of hydrogen-bond donors (Lipinski definition) is 2. The Kier molecular flexibility index (Phi) is 4.17. The van der Waals surface area contributed by atoms with Crippen molar-refractivity contribution in [2.24, 2.45) is 0 Å². The number of carbonyl (C=O) groups excluding carboxylic acids is 1. The van der Waals surface area contributed by atoms with Crippen LogP contribution in [0.15, 0.2) is 24.4 Å². The summed E-state index contributed by atoms with van der Waals surface area (Å²) in [6.07, 6.45) is -2.93. The van der Waals surface area contributed by atoms with E-state index in [0.717, 1.165) is 17.0 Å². The summed E-state index contributed by atoms with van der Waals surface area (Å²) in [7, 11) is 0. The van der Waals surface area contributed by atoms with Gasteiger partial charge in [-0.25, -0.2) is 4.98 Å². The Morgan fingerprint density at radius 2 is 2.14 bits per heavy atom. The van der Waals surface area contributed by atoms with Gasteiger partial charge in [0.25, 0.3) is 5.91 Å². The minimum atomic E-state index is -4.59. The number of benzene rings is 1. The van der Waals surface area contributed by atoms with E-state index in [-0.39, 0.29) is 12.1 Å². The number of thiazole rings is 1. The molecular weight excluding hydrogens is 303 g/mol. The third-order valence-electron chi connectivity index (χ3n) is 2.73. The third kappa shape index (κ3) is 3.52. The van der Waals surface area contributed by atoms with Crippen molar-refractivity contribution in [3.05, 3.63) is 45.4 Å². The SMILES string of the molecule is Cc1cnc(CNC(=O)c2cccc(C(F)(F)F)c2N)s1. The van der Waals surface area contributed by atoms with Crippen LogP contribution in [-0.2, 0) is 12.7 Å². The van der Waals surface area contributed by atoms with Crippen LogP contribution in [0.4, 0.5) is 18.9 Å². The summed E-state index contributed by atoms with van der Waals surface area (Å²) in [5.74, 6) is -0.661. The standard InChI is InChI=1S/C13H12F3N3OS/c1-7-5-18-10(21-7)6-19-12(20)8-3-2-4-9(11(8)17)13(14,15)16/h2-5H,6,17H2,1H3,(H,19,20). The molecule has 1 aromatic heterocycles. The number of nitrogens with one attached hydrogen (secondary N) is 1. The van der Waals surface area contributed by atoms with Gasteiger partial charge in [0.05, 0.1) is 23.4 Å². The van der Waals surface area contributed by atoms with Gasteiger partial charge in [0, 0.05) is 11.1 Å². The van der Waals surface area contributed by atoms with Gasteiger partial charge in [-0.2, -0.15) is 13.2 Å². The van der Waals surface area contributed by atoms with Crippen molar-refractivity contribution in [2.75, 3.05) is 5.73 Å². The van der Waals surface area contributed by atoms with Crippen molar-refractivity contribution in [1.29, 1.82) is 0 Å². The zero-order valence-corrected chi connectivity index (χ0v) is 11.8. The number of nitrogens with two attached hydrogens (primary N) is 1. The molecule has 0 fully saturated rings. The lowest BCUT2D eigenvalue weighted by molar-refractivity contribution is -0.136. The maximum Gasteiger partial charge on any atom is 0.418 e. The summed E-state index contributed by atoms with van der Waals surface area (Å²) in [6, 6.07) is 3.25. The Hall–Kier alpha value is -2.09. The highest BCUT2D eigenvalue weighted by molar-refractivity contribution is 7.11. The van der Waals surface area contributed by atoms with E-state index in [1.165, 1.54) is 17.4 Å². The molecular formula is C13H12F3N3OS. The van der Waals surface area contributed by atoms with Crippen molar-refractivity contribution in [2.45, 2.75) is 19.6 Å². The van der Waals surface area contributed by atoms with E-state index in [9.17, 15) is 18.0 Å². The molecule has 0 bridgehead atoms. The number of anilines is 1. The number of halogens is 3. The van der Waals surface area contributed by atoms with Crippen LogP contribution in [0.25, 0.3) is 0 Å². The van der Waals surface area contributed by atoms with Crippen LogP contribution in [-0.4, -0.2) is 10.9 Å². The van der Waals surface area contributed by atoms with E-state index in [1.54, 1.807) is 6.20 Å². The van der Waals surface area contributed by atoms with Crippen LogP contribution >= 0.6 is 11.3 Å². The van der Waals surface area contributed by atoms with Crippen LogP contribution in [0, 0.1) is 6.92 Å². The third-order valence-corrected chi connectivity index (χ3v) is 3.64. The lowest BCUT2D eigenvalue weighted by Crippen LogP contribution is -2.24. The molecule has 4 nitrogen and oxygen atoms in total. The minimum Gasteiger partial charge on any atom is -0.398 e. The molecule has 0 saturated heterocycles. The summed E-state index contributed by atoms with van der Waals surface area (Å²) < 4.78 is 38.2. The van der Waals surface area contributed by atoms with Crippen LogP contribution in [0.3, 0.4) is 0 Å². The maximum atomic E-state index is 12.7. The first-order valence-electron chi connectivity index (χ1n) is 5.94. The van der Waals surface area contributed by atoms with E-state index in [4.69, 9.17) is 5.73 Å². The molecule has 1 heterocycles. The van der Waals surface area contributed by atoms with Crippen LogP contribution in [0.2, 0.25) is 0 Å². The van der Waals surface area contributed by atoms with Crippen molar-refractivity contribution < 1.29 is 18.0 Å². The van der Waals surface area contributed by atoms with Crippen LogP contribution in [0.1, 0.15) is 25.8 Å². The van der Waals surface area contributed by atoms with Gasteiger partial charge < -0.3 is 11.1 Å². The molecule has 1 amide bonds. The normalized spacial score (nSPS) is 11.4. The average molecular weight is 315 g/mol. The van der Waals surface area contributed by atoms with E-state index >= 15 is 0 Å². The number of nitrogens with zero attached hydrogens (tertiary/aromatic N) is 1. The second-order valence-electron chi connectivity index (χ2n) is 4.31. The molecule has 0 spiro atoms. The molecule has 0 unspecified atom stereocenters. The molecule has 2 aromatic rings. The number of rotatable bonds is 3.